The molecule has 1 atom stereocenters. The van der Waals surface area contributed by atoms with Gasteiger partial charge in [-0.25, -0.2) is 13.1 Å². The van der Waals surface area contributed by atoms with E-state index in [4.69, 9.17) is 4.74 Å². The van der Waals surface area contributed by atoms with Gasteiger partial charge in [0.05, 0.1) is 18.4 Å². The number of sulfonamides is 1. The minimum absolute atomic E-state index is 0.00910. The average molecular weight is 381 g/mol. The van der Waals surface area contributed by atoms with Crippen molar-refractivity contribution in [1.29, 1.82) is 0 Å². The van der Waals surface area contributed by atoms with Crippen molar-refractivity contribution in [3.05, 3.63) is 29.8 Å². The minimum atomic E-state index is -3.25. The number of hydrogen-bond donors (Lipinski definition) is 1. The summed E-state index contributed by atoms with van der Waals surface area (Å²) in [6.07, 6.45) is 5.92. The molecule has 1 aromatic rings. The van der Waals surface area contributed by atoms with Crippen molar-refractivity contribution in [3.8, 4) is 5.75 Å². The summed E-state index contributed by atoms with van der Waals surface area (Å²) in [6.45, 7) is 4.69. The lowest BCUT2D eigenvalue weighted by atomic mass is 9.95. The Bertz CT molecular complexity index is 678. The molecule has 6 heteroatoms. The van der Waals surface area contributed by atoms with Gasteiger partial charge in [0.1, 0.15) is 5.75 Å². The molecule has 0 spiro atoms. The van der Waals surface area contributed by atoms with Gasteiger partial charge < -0.3 is 4.74 Å². The normalized spacial score (nSPS) is 21.8. The largest absolute Gasteiger partial charge is 0.496 e. The highest BCUT2D eigenvalue weighted by Gasteiger charge is 2.32. The van der Waals surface area contributed by atoms with Crippen LogP contribution in [0.4, 0.5) is 0 Å². The van der Waals surface area contributed by atoms with E-state index in [1.807, 2.05) is 18.2 Å². The fourth-order valence-corrected chi connectivity index (χ4v) is 5.81. The number of ether oxygens (including phenoxy) is 1. The molecule has 1 unspecified atom stereocenters. The molecule has 1 N–H and O–H groups in total. The van der Waals surface area contributed by atoms with Crippen LogP contribution in [0.15, 0.2) is 24.3 Å². The van der Waals surface area contributed by atoms with Gasteiger partial charge in [0.2, 0.25) is 10.0 Å². The summed E-state index contributed by atoms with van der Waals surface area (Å²) in [6, 6.07) is 7.99. The number of benzene rings is 1. The SMILES string of the molecule is COc1ccccc1C(CNS(=O)(=O)C1CCCC1)N1CCC(C)CC1. The minimum Gasteiger partial charge on any atom is -0.496 e. The molecule has 0 amide bonds. The lowest BCUT2D eigenvalue weighted by Gasteiger charge is -2.37. The Morgan fingerprint density at radius 3 is 2.46 bits per heavy atom. The predicted molar refractivity (Wildman–Crippen MR) is 105 cm³/mol. The summed E-state index contributed by atoms with van der Waals surface area (Å²) >= 11 is 0. The Balaban J connectivity index is 1.78. The van der Waals surface area contributed by atoms with Crippen molar-refractivity contribution < 1.29 is 13.2 Å². The molecule has 0 bridgehead atoms. The Morgan fingerprint density at radius 2 is 1.81 bits per heavy atom. The van der Waals surface area contributed by atoms with Crippen LogP contribution in [0.5, 0.6) is 5.75 Å². The van der Waals surface area contributed by atoms with Crippen molar-refractivity contribution in [2.24, 2.45) is 5.92 Å². The van der Waals surface area contributed by atoms with E-state index in [-0.39, 0.29) is 11.3 Å². The number of nitrogens with zero attached hydrogens (tertiary/aromatic N) is 1. The van der Waals surface area contributed by atoms with Gasteiger partial charge in [-0.2, -0.15) is 0 Å². The first kappa shape index (κ1) is 19.6. The van der Waals surface area contributed by atoms with Gasteiger partial charge >= 0.3 is 0 Å². The van der Waals surface area contributed by atoms with Gasteiger partial charge in [-0.3, -0.25) is 4.90 Å². The van der Waals surface area contributed by atoms with Crippen molar-refractivity contribution in [3.63, 3.8) is 0 Å². The summed E-state index contributed by atoms with van der Waals surface area (Å²) in [5.41, 5.74) is 1.07. The maximum absolute atomic E-state index is 12.7. The highest BCUT2D eigenvalue weighted by molar-refractivity contribution is 7.90. The standard InChI is InChI=1S/C20H32N2O3S/c1-16-11-13-22(14-12-16)19(18-9-5-6-10-20(18)25-2)15-21-26(23,24)17-7-3-4-8-17/h5-6,9-10,16-17,19,21H,3-4,7-8,11-15H2,1-2H3. The molecule has 1 aliphatic heterocycles. The summed E-state index contributed by atoms with van der Waals surface area (Å²) < 4.78 is 33.9. The smallest absolute Gasteiger partial charge is 0.214 e. The second kappa shape index (κ2) is 8.72. The molecule has 0 aromatic heterocycles. The third kappa shape index (κ3) is 4.59. The van der Waals surface area contributed by atoms with Crippen molar-refractivity contribution in [2.75, 3.05) is 26.7 Å². The van der Waals surface area contributed by atoms with Crippen molar-refractivity contribution in [2.45, 2.75) is 56.7 Å². The summed E-state index contributed by atoms with van der Waals surface area (Å²) in [5.74, 6) is 1.57. The van der Waals surface area contributed by atoms with E-state index in [0.717, 1.165) is 68.8 Å². The van der Waals surface area contributed by atoms with Gasteiger partial charge in [0.15, 0.2) is 0 Å². The Hall–Kier alpha value is -1.11. The quantitative estimate of drug-likeness (QED) is 0.788. The Kier molecular flexibility index (Phi) is 6.59. The molecule has 1 saturated heterocycles. The Labute approximate surface area is 158 Å². The molecular weight excluding hydrogens is 348 g/mol. The molecule has 0 radical (unpaired) electrons. The maximum Gasteiger partial charge on any atom is 0.214 e. The molecule has 5 nitrogen and oxygen atoms in total. The fourth-order valence-electron chi connectivity index (χ4n) is 4.23. The molecule has 3 rings (SSSR count). The van der Waals surface area contributed by atoms with E-state index in [1.165, 1.54) is 0 Å². The Morgan fingerprint density at radius 1 is 1.15 bits per heavy atom. The van der Waals surface area contributed by atoms with Crippen LogP contribution in [0.3, 0.4) is 0 Å². The number of nitrogens with one attached hydrogen (secondary N) is 1. The molecule has 1 heterocycles. The molecule has 2 aliphatic rings. The monoisotopic (exact) mass is 380 g/mol. The molecule has 146 valence electrons. The molecule has 26 heavy (non-hydrogen) atoms. The summed E-state index contributed by atoms with van der Waals surface area (Å²) in [5, 5.41) is -0.220. The highest BCUT2D eigenvalue weighted by Crippen LogP contribution is 2.32. The second-order valence-corrected chi connectivity index (χ2v) is 9.82. The van der Waals surface area contributed by atoms with Crippen LogP contribution in [0.1, 0.15) is 57.1 Å². The fraction of sp³-hybridized carbons (Fsp3) is 0.700. The molecule has 1 aliphatic carbocycles. The maximum atomic E-state index is 12.7. The number of para-hydroxylation sites is 1. The van der Waals surface area contributed by atoms with Crippen LogP contribution in [-0.2, 0) is 10.0 Å². The number of methoxy groups -OCH3 is 1. The van der Waals surface area contributed by atoms with Crippen LogP contribution in [0.25, 0.3) is 0 Å². The second-order valence-electron chi connectivity index (χ2n) is 7.78. The highest BCUT2D eigenvalue weighted by atomic mass is 32.2. The summed E-state index contributed by atoms with van der Waals surface area (Å²) in [4.78, 5) is 2.41. The molecule has 1 saturated carbocycles. The van der Waals surface area contributed by atoms with Crippen LogP contribution < -0.4 is 9.46 Å². The van der Waals surface area contributed by atoms with Crippen LogP contribution in [-0.4, -0.2) is 45.3 Å². The lowest BCUT2D eigenvalue weighted by molar-refractivity contribution is 0.137. The zero-order chi connectivity index (χ0) is 18.6. The summed E-state index contributed by atoms with van der Waals surface area (Å²) in [7, 11) is -1.57. The number of hydrogen-bond acceptors (Lipinski definition) is 4. The molecular formula is C20H32N2O3S. The van der Waals surface area contributed by atoms with Crippen LogP contribution >= 0.6 is 0 Å². The van der Waals surface area contributed by atoms with Gasteiger partial charge in [-0.15, -0.1) is 0 Å². The van der Waals surface area contributed by atoms with E-state index in [1.54, 1.807) is 7.11 Å². The van der Waals surface area contributed by atoms with Crippen molar-refractivity contribution in [1.82, 2.24) is 9.62 Å². The molecule has 2 fully saturated rings. The average Bonchev–Trinajstić information content (AvgIpc) is 3.19. The van der Waals surface area contributed by atoms with Crippen molar-refractivity contribution >= 4 is 10.0 Å². The van der Waals surface area contributed by atoms with Gasteiger partial charge in [0.25, 0.3) is 0 Å². The van der Waals surface area contributed by atoms with E-state index in [2.05, 4.69) is 22.6 Å². The van der Waals surface area contributed by atoms with Crippen LogP contribution in [0.2, 0.25) is 0 Å². The first-order valence-corrected chi connectivity index (χ1v) is 11.4. The van der Waals surface area contributed by atoms with E-state index < -0.39 is 10.0 Å². The first-order chi connectivity index (χ1) is 12.5. The van der Waals surface area contributed by atoms with Crippen LogP contribution in [0, 0.1) is 5.92 Å². The van der Waals surface area contributed by atoms with E-state index in [9.17, 15) is 8.42 Å². The topological polar surface area (TPSA) is 58.6 Å². The van der Waals surface area contributed by atoms with E-state index >= 15 is 0 Å². The van der Waals surface area contributed by atoms with Gasteiger partial charge in [0, 0.05) is 12.1 Å². The molecule has 1 aromatic carbocycles. The van der Waals surface area contributed by atoms with Gasteiger partial charge in [-0.1, -0.05) is 38.0 Å². The number of rotatable bonds is 7. The lowest BCUT2D eigenvalue weighted by Crippen LogP contribution is -2.43. The first-order valence-electron chi connectivity index (χ1n) is 9.86. The third-order valence-electron chi connectivity index (χ3n) is 5.98. The number of likely N-dealkylation sites (tertiary alicyclic amines) is 1. The van der Waals surface area contributed by atoms with E-state index in [0.29, 0.717) is 6.54 Å². The third-order valence-corrected chi connectivity index (χ3v) is 7.89. The van der Waals surface area contributed by atoms with Gasteiger partial charge in [-0.05, 0) is 50.8 Å². The zero-order valence-corrected chi connectivity index (χ0v) is 16.8. The predicted octanol–water partition coefficient (Wildman–Crippen LogP) is 3.33. The zero-order valence-electron chi connectivity index (χ0n) is 16.0. The number of piperidine rings is 1.